The van der Waals surface area contributed by atoms with Gasteiger partial charge >= 0.3 is 0 Å². The zero-order chi connectivity index (χ0) is 20.7. The number of hydrogen-bond donors (Lipinski definition) is 1. The first kappa shape index (κ1) is 19.7. The Kier molecular flexibility index (Phi) is 5.23. The molecular weight excluding hydrogens is 413 g/mol. The van der Waals surface area contributed by atoms with Gasteiger partial charge in [-0.2, -0.15) is 0 Å². The maximum atomic E-state index is 12.4. The lowest BCUT2D eigenvalue weighted by atomic mass is 10.0. The van der Waals surface area contributed by atoms with E-state index in [1.54, 1.807) is 32.5 Å². The Morgan fingerprint density at radius 2 is 1.86 bits per heavy atom. The molecule has 4 rings (SSSR count). The van der Waals surface area contributed by atoms with E-state index in [0.717, 1.165) is 23.8 Å². The molecule has 0 atom stereocenters. The fourth-order valence-electron chi connectivity index (χ4n) is 3.28. The van der Waals surface area contributed by atoms with Crippen molar-refractivity contribution in [2.75, 3.05) is 19.5 Å². The quantitative estimate of drug-likeness (QED) is 0.556. The maximum Gasteiger partial charge on any atom is 0.228 e. The standard InChI is InChI=1S/C21H19Cl2N3O3/c1-10-15(28-2)8-16(29-3)19(23)18(10)14-6-12-9-24-17(22)7-13(12)20(25-14)26-21(27)11-4-5-11/h6-9,11H,4-5H2,1-3H3,(H,25,26,27). The second-order valence-corrected chi connectivity index (χ2v) is 7.71. The molecule has 1 aliphatic carbocycles. The number of methoxy groups -OCH3 is 2. The van der Waals surface area contributed by atoms with Crippen molar-refractivity contribution in [3.05, 3.63) is 40.1 Å². The summed E-state index contributed by atoms with van der Waals surface area (Å²) in [7, 11) is 3.13. The van der Waals surface area contributed by atoms with E-state index < -0.39 is 0 Å². The highest BCUT2D eigenvalue weighted by atomic mass is 35.5. The molecule has 1 aliphatic rings. The highest BCUT2D eigenvalue weighted by molar-refractivity contribution is 6.35. The molecule has 1 saturated carbocycles. The minimum absolute atomic E-state index is 0.0371. The predicted octanol–water partition coefficient (Wildman–Crippen LogP) is 5.28. The topological polar surface area (TPSA) is 73.3 Å². The Balaban J connectivity index is 1.95. The first-order valence-corrected chi connectivity index (χ1v) is 9.87. The van der Waals surface area contributed by atoms with Crippen molar-refractivity contribution in [2.24, 2.45) is 5.92 Å². The predicted molar refractivity (Wildman–Crippen MR) is 114 cm³/mol. The molecule has 150 valence electrons. The largest absolute Gasteiger partial charge is 0.496 e. The molecule has 1 N–H and O–H groups in total. The third-order valence-corrected chi connectivity index (χ3v) is 5.59. The van der Waals surface area contributed by atoms with E-state index in [0.29, 0.717) is 44.1 Å². The summed E-state index contributed by atoms with van der Waals surface area (Å²) in [6.45, 7) is 1.90. The second-order valence-electron chi connectivity index (χ2n) is 6.94. The van der Waals surface area contributed by atoms with E-state index in [1.807, 2.05) is 13.0 Å². The summed E-state index contributed by atoms with van der Waals surface area (Å²) >= 11 is 12.7. The van der Waals surface area contributed by atoms with Gasteiger partial charge in [-0.3, -0.25) is 4.79 Å². The van der Waals surface area contributed by atoms with Gasteiger partial charge in [-0.25, -0.2) is 9.97 Å². The number of amides is 1. The van der Waals surface area contributed by atoms with E-state index in [1.165, 1.54) is 0 Å². The minimum atomic E-state index is -0.0464. The lowest BCUT2D eigenvalue weighted by Crippen LogP contribution is -2.15. The summed E-state index contributed by atoms with van der Waals surface area (Å²) in [4.78, 5) is 21.3. The summed E-state index contributed by atoms with van der Waals surface area (Å²) in [6.07, 6.45) is 3.43. The zero-order valence-electron chi connectivity index (χ0n) is 16.2. The first-order valence-electron chi connectivity index (χ1n) is 9.11. The summed E-state index contributed by atoms with van der Waals surface area (Å²) < 4.78 is 10.9. The molecule has 8 heteroatoms. The Morgan fingerprint density at radius 1 is 1.14 bits per heavy atom. The van der Waals surface area contributed by atoms with Gasteiger partial charge in [0.05, 0.1) is 24.9 Å². The molecule has 1 amide bonds. The van der Waals surface area contributed by atoms with Crippen LogP contribution >= 0.6 is 23.2 Å². The van der Waals surface area contributed by atoms with Crippen LogP contribution in [0.3, 0.4) is 0 Å². The number of fused-ring (bicyclic) bond motifs is 1. The number of benzene rings is 1. The Morgan fingerprint density at radius 3 is 2.52 bits per heavy atom. The van der Waals surface area contributed by atoms with Crippen LogP contribution < -0.4 is 14.8 Å². The van der Waals surface area contributed by atoms with E-state index in [-0.39, 0.29) is 11.8 Å². The zero-order valence-corrected chi connectivity index (χ0v) is 17.7. The Hall–Kier alpha value is -2.57. The van der Waals surface area contributed by atoms with Gasteiger partial charge in [-0.1, -0.05) is 23.2 Å². The summed E-state index contributed by atoms with van der Waals surface area (Å²) in [5.41, 5.74) is 2.06. The van der Waals surface area contributed by atoms with Crippen molar-refractivity contribution in [1.82, 2.24) is 9.97 Å². The number of nitrogens with zero attached hydrogens (tertiary/aromatic N) is 2. The van der Waals surface area contributed by atoms with E-state index in [4.69, 9.17) is 37.7 Å². The monoisotopic (exact) mass is 431 g/mol. The number of carbonyl (C=O) groups is 1. The summed E-state index contributed by atoms with van der Waals surface area (Å²) in [5.74, 6) is 1.52. The number of carbonyl (C=O) groups excluding carboxylic acids is 1. The second kappa shape index (κ2) is 7.69. The molecule has 2 aromatic heterocycles. The van der Waals surface area contributed by atoms with Crippen molar-refractivity contribution < 1.29 is 14.3 Å². The van der Waals surface area contributed by atoms with E-state index >= 15 is 0 Å². The van der Waals surface area contributed by atoms with Crippen LogP contribution in [-0.2, 0) is 4.79 Å². The number of hydrogen-bond acceptors (Lipinski definition) is 5. The molecule has 1 fully saturated rings. The molecule has 3 aromatic rings. The molecule has 0 bridgehead atoms. The van der Waals surface area contributed by atoms with Gasteiger partial charge in [0, 0.05) is 40.1 Å². The van der Waals surface area contributed by atoms with Crippen LogP contribution in [0.4, 0.5) is 5.82 Å². The molecule has 0 spiro atoms. The van der Waals surface area contributed by atoms with E-state index in [9.17, 15) is 4.79 Å². The van der Waals surface area contributed by atoms with Crippen LogP contribution in [0.2, 0.25) is 10.2 Å². The first-order chi connectivity index (χ1) is 13.9. The number of halogens is 2. The van der Waals surface area contributed by atoms with Gasteiger partial charge in [-0.15, -0.1) is 0 Å². The fourth-order valence-corrected chi connectivity index (χ4v) is 3.80. The van der Waals surface area contributed by atoms with E-state index in [2.05, 4.69) is 10.3 Å². The average molecular weight is 432 g/mol. The van der Waals surface area contributed by atoms with Crippen LogP contribution in [0, 0.1) is 12.8 Å². The minimum Gasteiger partial charge on any atom is -0.496 e. The molecule has 0 aliphatic heterocycles. The molecule has 0 saturated heterocycles. The number of rotatable bonds is 5. The van der Waals surface area contributed by atoms with Crippen molar-refractivity contribution in [3.8, 4) is 22.8 Å². The van der Waals surface area contributed by atoms with Crippen molar-refractivity contribution in [2.45, 2.75) is 19.8 Å². The van der Waals surface area contributed by atoms with Gasteiger partial charge in [-0.05, 0) is 31.9 Å². The summed E-state index contributed by atoms with van der Waals surface area (Å²) in [6, 6.07) is 5.29. The third-order valence-electron chi connectivity index (χ3n) is 5.01. The highest BCUT2D eigenvalue weighted by Gasteiger charge is 2.30. The van der Waals surface area contributed by atoms with Gasteiger partial charge in [0.25, 0.3) is 0 Å². The van der Waals surface area contributed by atoms with Crippen molar-refractivity contribution >= 4 is 45.7 Å². The number of aromatic nitrogens is 2. The smallest absolute Gasteiger partial charge is 0.228 e. The molecule has 2 heterocycles. The van der Waals surface area contributed by atoms with Gasteiger partial charge in [0.1, 0.15) is 22.5 Å². The van der Waals surface area contributed by atoms with Crippen LogP contribution in [0.1, 0.15) is 18.4 Å². The molecule has 6 nitrogen and oxygen atoms in total. The van der Waals surface area contributed by atoms with Crippen LogP contribution in [0.25, 0.3) is 22.0 Å². The molecule has 0 radical (unpaired) electrons. The van der Waals surface area contributed by atoms with Crippen LogP contribution in [0.15, 0.2) is 24.4 Å². The van der Waals surface area contributed by atoms with Crippen LogP contribution in [0.5, 0.6) is 11.5 Å². The van der Waals surface area contributed by atoms with Gasteiger partial charge in [0.2, 0.25) is 5.91 Å². The summed E-state index contributed by atoms with van der Waals surface area (Å²) in [5, 5.41) is 5.17. The fraction of sp³-hybridized carbons (Fsp3) is 0.286. The Bertz CT molecular complexity index is 1100. The SMILES string of the molecule is COc1cc(OC)c(Cl)c(-c2cc3cnc(Cl)cc3c(NC(=O)C3CC3)n2)c1C. The highest BCUT2D eigenvalue weighted by Crippen LogP contribution is 2.43. The van der Waals surface area contributed by atoms with Gasteiger partial charge < -0.3 is 14.8 Å². The van der Waals surface area contributed by atoms with Gasteiger partial charge in [0.15, 0.2) is 0 Å². The van der Waals surface area contributed by atoms with Crippen molar-refractivity contribution in [1.29, 1.82) is 0 Å². The van der Waals surface area contributed by atoms with Crippen molar-refractivity contribution in [3.63, 3.8) is 0 Å². The molecule has 0 unspecified atom stereocenters. The normalized spacial score (nSPS) is 13.4. The maximum absolute atomic E-state index is 12.4. The van der Waals surface area contributed by atoms with Crippen LogP contribution in [-0.4, -0.2) is 30.1 Å². The molecule has 1 aromatic carbocycles. The third kappa shape index (κ3) is 3.70. The lowest BCUT2D eigenvalue weighted by Gasteiger charge is -2.17. The Labute approximate surface area is 178 Å². The number of nitrogens with one attached hydrogen (secondary N) is 1. The average Bonchev–Trinajstić information content (AvgIpc) is 3.54. The lowest BCUT2D eigenvalue weighted by molar-refractivity contribution is -0.117. The molecule has 29 heavy (non-hydrogen) atoms. The molecular formula is C21H19Cl2N3O3. The number of anilines is 1. The number of ether oxygens (including phenoxy) is 2. The number of pyridine rings is 2.